The Labute approximate surface area is 119 Å². The maximum Gasteiger partial charge on any atom is 0.334 e. The van der Waals surface area contributed by atoms with Gasteiger partial charge in [-0.3, -0.25) is 4.79 Å². The van der Waals surface area contributed by atoms with Gasteiger partial charge in [0, 0.05) is 6.54 Å². The predicted molar refractivity (Wildman–Crippen MR) is 69.4 cm³/mol. The topological polar surface area (TPSA) is 66.8 Å². The van der Waals surface area contributed by atoms with E-state index in [0.717, 1.165) is 6.07 Å². The van der Waals surface area contributed by atoms with Crippen molar-refractivity contribution in [3.05, 3.63) is 34.1 Å². The molecule has 7 heteroatoms. The molecule has 2 rings (SSSR count). The maximum absolute atomic E-state index is 13.5. The van der Waals surface area contributed by atoms with Crippen LogP contribution in [-0.4, -0.2) is 47.7 Å². The average Bonchev–Trinajstić information content (AvgIpc) is 2.42. The highest BCUT2D eigenvalue weighted by atomic mass is 35.5. The molecule has 1 unspecified atom stereocenters. The summed E-state index contributed by atoms with van der Waals surface area (Å²) in [7, 11) is 0. The molecule has 1 fully saturated rings. The third kappa shape index (κ3) is 2.91. The molecule has 1 atom stereocenters. The molecule has 0 aromatic heterocycles. The Morgan fingerprint density at radius 2 is 2.20 bits per heavy atom. The lowest BCUT2D eigenvalue weighted by atomic mass is 10.1. The number of hydrogen-bond acceptors (Lipinski definition) is 3. The molecule has 0 radical (unpaired) electrons. The van der Waals surface area contributed by atoms with Gasteiger partial charge in [-0.25, -0.2) is 9.18 Å². The van der Waals surface area contributed by atoms with E-state index < -0.39 is 23.8 Å². The lowest BCUT2D eigenvalue weighted by molar-refractivity contribution is -0.154. The van der Waals surface area contributed by atoms with E-state index in [9.17, 15) is 14.0 Å². The number of amides is 1. The van der Waals surface area contributed by atoms with Gasteiger partial charge in [0.15, 0.2) is 6.10 Å². The second-order valence-corrected chi connectivity index (χ2v) is 4.94. The number of aryl methyl sites for hydroxylation is 1. The molecule has 1 N–H and O–H groups in total. The smallest absolute Gasteiger partial charge is 0.334 e. The number of halogens is 2. The minimum Gasteiger partial charge on any atom is -0.479 e. The number of hydrogen-bond donors (Lipinski definition) is 1. The van der Waals surface area contributed by atoms with Gasteiger partial charge in [-0.05, 0) is 24.6 Å². The van der Waals surface area contributed by atoms with Gasteiger partial charge in [0.25, 0.3) is 5.91 Å². The number of carboxylic acid groups (broad SMARTS) is 1. The molecule has 1 saturated heterocycles. The third-order valence-electron chi connectivity index (χ3n) is 3.11. The Morgan fingerprint density at radius 1 is 1.50 bits per heavy atom. The monoisotopic (exact) mass is 301 g/mol. The Bertz CT molecular complexity index is 564. The number of aliphatic carboxylic acids is 1. The summed E-state index contributed by atoms with van der Waals surface area (Å²) in [6.45, 7) is 1.83. The van der Waals surface area contributed by atoms with Crippen LogP contribution >= 0.6 is 11.6 Å². The van der Waals surface area contributed by atoms with Gasteiger partial charge in [0.1, 0.15) is 5.82 Å². The zero-order chi connectivity index (χ0) is 14.9. The number of carbonyl (C=O) groups is 2. The van der Waals surface area contributed by atoms with Gasteiger partial charge in [0.05, 0.1) is 23.7 Å². The SMILES string of the molecule is Cc1cc(Cl)c(C(=O)N2CCOC(C(=O)O)C2)cc1F. The van der Waals surface area contributed by atoms with Crippen molar-refractivity contribution >= 4 is 23.5 Å². The fraction of sp³-hybridized carbons (Fsp3) is 0.385. The van der Waals surface area contributed by atoms with Crippen LogP contribution < -0.4 is 0 Å². The summed E-state index contributed by atoms with van der Waals surface area (Å²) >= 11 is 5.95. The normalized spacial score (nSPS) is 18.9. The number of carboxylic acids is 1. The Kier molecular flexibility index (Phi) is 4.25. The number of benzene rings is 1. The van der Waals surface area contributed by atoms with E-state index >= 15 is 0 Å². The molecule has 0 aliphatic carbocycles. The van der Waals surface area contributed by atoms with Crippen molar-refractivity contribution in [1.29, 1.82) is 0 Å². The average molecular weight is 302 g/mol. The number of ether oxygens (including phenoxy) is 1. The highest BCUT2D eigenvalue weighted by Crippen LogP contribution is 2.22. The van der Waals surface area contributed by atoms with E-state index in [-0.39, 0.29) is 30.3 Å². The molecule has 0 bridgehead atoms. The van der Waals surface area contributed by atoms with Crippen LogP contribution in [0.25, 0.3) is 0 Å². The van der Waals surface area contributed by atoms with Crippen LogP contribution in [0.4, 0.5) is 4.39 Å². The van der Waals surface area contributed by atoms with Crippen LogP contribution in [0.3, 0.4) is 0 Å². The molecule has 1 amide bonds. The van der Waals surface area contributed by atoms with E-state index in [1.165, 1.54) is 11.0 Å². The summed E-state index contributed by atoms with van der Waals surface area (Å²) in [4.78, 5) is 24.5. The molecule has 5 nitrogen and oxygen atoms in total. The van der Waals surface area contributed by atoms with E-state index in [2.05, 4.69) is 0 Å². The minimum absolute atomic E-state index is 0.0285. The molecule has 108 valence electrons. The summed E-state index contributed by atoms with van der Waals surface area (Å²) in [6.07, 6.45) is -1.07. The van der Waals surface area contributed by atoms with Crippen molar-refractivity contribution in [2.24, 2.45) is 0 Å². The largest absolute Gasteiger partial charge is 0.479 e. The predicted octanol–water partition coefficient (Wildman–Crippen LogP) is 1.71. The summed E-state index contributed by atoms with van der Waals surface area (Å²) in [6, 6.07) is 2.45. The first-order valence-corrected chi connectivity index (χ1v) is 6.37. The first-order chi connectivity index (χ1) is 9.40. The fourth-order valence-corrected chi connectivity index (χ4v) is 2.26. The second-order valence-electron chi connectivity index (χ2n) is 4.53. The zero-order valence-electron chi connectivity index (χ0n) is 10.7. The van der Waals surface area contributed by atoms with Gasteiger partial charge in [0.2, 0.25) is 0 Å². The lowest BCUT2D eigenvalue weighted by Gasteiger charge is -2.31. The van der Waals surface area contributed by atoms with Crippen molar-refractivity contribution < 1.29 is 23.8 Å². The standard InChI is InChI=1S/C13H13ClFNO4/c1-7-4-9(14)8(5-10(7)15)12(17)16-2-3-20-11(6-16)13(18)19/h4-5,11H,2-3,6H2,1H3,(H,18,19). The number of carbonyl (C=O) groups excluding carboxylic acids is 1. The van der Waals surface area contributed by atoms with E-state index in [4.69, 9.17) is 21.4 Å². The summed E-state index contributed by atoms with van der Waals surface area (Å²) in [5.74, 6) is -2.16. The number of nitrogens with zero attached hydrogens (tertiary/aromatic N) is 1. The van der Waals surface area contributed by atoms with E-state index in [1.54, 1.807) is 6.92 Å². The molecule has 0 spiro atoms. The van der Waals surface area contributed by atoms with Crippen molar-refractivity contribution in [1.82, 2.24) is 4.90 Å². The molecular weight excluding hydrogens is 289 g/mol. The van der Waals surface area contributed by atoms with Gasteiger partial charge < -0.3 is 14.7 Å². The molecular formula is C13H13ClFNO4. The van der Waals surface area contributed by atoms with Crippen molar-refractivity contribution in [2.45, 2.75) is 13.0 Å². The Balaban J connectivity index is 2.23. The van der Waals surface area contributed by atoms with Crippen LogP contribution in [0.1, 0.15) is 15.9 Å². The highest BCUT2D eigenvalue weighted by molar-refractivity contribution is 6.33. The quantitative estimate of drug-likeness (QED) is 0.903. The lowest BCUT2D eigenvalue weighted by Crippen LogP contribution is -2.48. The zero-order valence-corrected chi connectivity index (χ0v) is 11.5. The van der Waals surface area contributed by atoms with Crippen LogP contribution in [0.2, 0.25) is 5.02 Å². The third-order valence-corrected chi connectivity index (χ3v) is 3.42. The Morgan fingerprint density at radius 3 is 2.85 bits per heavy atom. The molecule has 1 aromatic rings. The molecule has 1 aliphatic rings. The molecule has 1 aromatic carbocycles. The summed E-state index contributed by atoms with van der Waals surface area (Å²) in [5.41, 5.74) is 0.373. The number of morpholine rings is 1. The summed E-state index contributed by atoms with van der Waals surface area (Å²) < 4.78 is 18.6. The van der Waals surface area contributed by atoms with Crippen LogP contribution in [-0.2, 0) is 9.53 Å². The van der Waals surface area contributed by atoms with E-state index in [0.29, 0.717) is 5.56 Å². The minimum atomic E-state index is -1.14. The molecule has 1 heterocycles. The second kappa shape index (κ2) is 5.76. The van der Waals surface area contributed by atoms with Gasteiger partial charge in [-0.1, -0.05) is 11.6 Å². The maximum atomic E-state index is 13.5. The molecule has 1 aliphatic heterocycles. The first-order valence-electron chi connectivity index (χ1n) is 5.99. The van der Waals surface area contributed by atoms with Gasteiger partial charge in [-0.15, -0.1) is 0 Å². The molecule has 0 saturated carbocycles. The van der Waals surface area contributed by atoms with Crippen molar-refractivity contribution in [3.63, 3.8) is 0 Å². The Hall–Kier alpha value is -1.66. The van der Waals surface area contributed by atoms with Gasteiger partial charge in [-0.2, -0.15) is 0 Å². The fourth-order valence-electron chi connectivity index (χ4n) is 1.96. The van der Waals surface area contributed by atoms with Crippen LogP contribution in [0.5, 0.6) is 0 Å². The van der Waals surface area contributed by atoms with E-state index in [1.807, 2.05) is 0 Å². The van der Waals surface area contributed by atoms with Crippen LogP contribution in [0, 0.1) is 12.7 Å². The molecule has 20 heavy (non-hydrogen) atoms. The first kappa shape index (κ1) is 14.7. The van der Waals surface area contributed by atoms with Crippen molar-refractivity contribution in [2.75, 3.05) is 19.7 Å². The van der Waals surface area contributed by atoms with Crippen LogP contribution in [0.15, 0.2) is 12.1 Å². The highest BCUT2D eigenvalue weighted by Gasteiger charge is 2.30. The summed E-state index contributed by atoms with van der Waals surface area (Å²) in [5, 5.41) is 9.04. The van der Waals surface area contributed by atoms with Crippen molar-refractivity contribution in [3.8, 4) is 0 Å². The van der Waals surface area contributed by atoms with Gasteiger partial charge >= 0.3 is 5.97 Å². The number of rotatable bonds is 2.